The van der Waals surface area contributed by atoms with Crippen molar-refractivity contribution in [3.05, 3.63) is 36.0 Å². The first-order chi connectivity index (χ1) is 11.1. The molecule has 3 rings (SSSR count). The van der Waals surface area contributed by atoms with Crippen molar-refractivity contribution in [1.82, 2.24) is 14.8 Å². The topological polar surface area (TPSA) is 31.4 Å². The van der Waals surface area contributed by atoms with Crippen molar-refractivity contribution in [1.29, 1.82) is 0 Å². The number of nitrogens with zero attached hydrogens (tertiary/aromatic N) is 3. The molecule has 0 amide bonds. The number of pyridine rings is 1. The van der Waals surface area contributed by atoms with Gasteiger partial charge in [0.1, 0.15) is 0 Å². The standard InChI is InChI=1S/C19H28N4/c1-15-14-19(17-6-4-5-7-18(17)21-15)20-9-8-16(2)23-12-10-22(3)11-13-23/h4-7,14,16H,8-13H2,1-3H3,(H,20,21)/t16-/m1/s1. The maximum absolute atomic E-state index is 4.61. The van der Waals surface area contributed by atoms with E-state index >= 15 is 0 Å². The number of para-hydroxylation sites is 1. The van der Waals surface area contributed by atoms with E-state index in [2.05, 4.69) is 65.3 Å². The second-order valence-corrected chi connectivity index (χ2v) is 6.73. The molecule has 4 nitrogen and oxygen atoms in total. The molecule has 2 heterocycles. The van der Waals surface area contributed by atoms with Crippen molar-refractivity contribution < 1.29 is 0 Å². The van der Waals surface area contributed by atoms with Gasteiger partial charge in [0.2, 0.25) is 0 Å². The third-order valence-electron chi connectivity index (χ3n) is 4.88. The van der Waals surface area contributed by atoms with Gasteiger partial charge in [-0.1, -0.05) is 18.2 Å². The number of benzene rings is 1. The molecule has 0 spiro atoms. The van der Waals surface area contributed by atoms with Gasteiger partial charge in [0.05, 0.1) is 5.52 Å². The molecular weight excluding hydrogens is 284 g/mol. The van der Waals surface area contributed by atoms with Crippen molar-refractivity contribution in [3.63, 3.8) is 0 Å². The number of anilines is 1. The third-order valence-corrected chi connectivity index (χ3v) is 4.88. The molecule has 1 aliphatic heterocycles. The van der Waals surface area contributed by atoms with Crippen LogP contribution in [0.25, 0.3) is 10.9 Å². The van der Waals surface area contributed by atoms with E-state index in [0.717, 1.165) is 17.8 Å². The van der Waals surface area contributed by atoms with Gasteiger partial charge in [-0.15, -0.1) is 0 Å². The molecule has 0 saturated carbocycles. The second-order valence-electron chi connectivity index (χ2n) is 6.73. The van der Waals surface area contributed by atoms with Crippen molar-refractivity contribution >= 4 is 16.6 Å². The van der Waals surface area contributed by atoms with Gasteiger partial charge in [0.15, 0.2) is 0 Å². The summed E-state index contributed by atoms with van der Waals surface area (Å²) in [6.07, 6.45) is 1.17. The molecule has 23 heavy (non-hydrogen) atoms. The molecular formula is C19H28N4. The number of aryl methyl sites for hydroxylation is 1. The van der Waals surface area contributed by atoms with Crippen molar-refractivity contribution in [3.8, 4) is 0 Å². The molecule has 0 radical (unpaired) electrons. The number of hydrogen-bond acceptors (Lipinski definition) is 4. The molecule has 2 aromatic rings. The Bertz CT molecular complexity index is 647. The number of fused-ring (bicyclic) bond motifs is 1. The maximum Gasteiger partial charge on any atom is 0.0725 e. The fourth-order valence-corrected chi connectivity index (χ4v) is 3.32. The van der Waals surface area contributed by atoms with Crippen LogP contribution in [0.4, 0.5) is 5.69 Å². The Hall–Kier alpha value is -1.65. The minimum Gasteiger partial charge on any atom is -0.384 e. The molecule has 1 aliphatic rings. The number of piperazine rings is 1. The molecule has 0 aliphatic carbocycles. The van der Waals surface area contributed by atoms with Gasteiger partial charge < -0.3 is 10.2 Å². The van der Waals surface area contributed by atoms with E-state index < -0.39 is 0 Å². The Morgan fingerprint density at radius 3 is 2.70 bits per heavy atom. The third kappa shape index (κ3) is 4.01. The zero-order valence-corrected chi connectivity index (χ0v) is 14.5. The van der Waals surface area contributed by atoms with Crippen molar-refractivity contribution in [2.24, 2.45) is 0 Å². The Labute approximate surface area is 139 Å². The van der Waals surface area contributed by atoms with Gasteiger partial charge in [-0.25, -0.2) is 0 Å². The zero-order chi connectivity index (χ0) is 16.2. The molecule has 0 bridgehead atoms. The Kier molecular flexibility index (Phi) is 5.13. The summed E-state index contributed by atoms with van der Waals surface area (Å²) < 4.78 is 0. The number of rotatable bonds is 5. The van der Waals surface area contributed by atoms with E-state index in [1.807, 2.05) is 6.07 Å². The second kappa shape index (κ2) is 7.28. The highest BCUT2D eigenvalue weighted by atomic mass is 15.3. The van der Waals surface area contributed by atoms with Crippen LogP contribution in [-0.2, 0) is 0 Å². The minimum absolute atomic E-state index is 0.630. The lowest BCUT2D eigenvalue weighted by Gasteiger charge is -2.36. The van der Waals surface area contributed by atoms with Crippen molar-refractivity contribution in [2.75, 3.05) is 45.1 Å². The van der Waals surface area contributed by atoms with Crippen LogP contribution in [0.15, 0.2) is 30.3 Å². The maximum atomic E-state index is 4.61. The Balaban J connectivity index is 1.58. The van der Waals surface area contributed by atoms with Crippen LogP contribution in [0.5, 0.6) is 0 Å². The summed E-state index contributed by atoms with van der Waals surface area (Å²) in [6.45, 7) is 10.2. The number of aromatic nitrogens is 1. The van der Waals surface area contributed by atoms with Gasteiger partial charge in [-0.05, 0) is 39.4 Å². The number of likely N-dealkylation sites (N-methyl/N-ethyl adjacent to an activating group) is 1. The van der Waals surface area contributed by atoms with Crippen LogP contribution in [0.3, 0.4) is 0 Å². The average molecular weight is 312 g/mol. The van der Waals surface area contributed by atoms with Crippen LogP contribution < -0.4 is 5.32 Å². The van der Waals surface area contributed by atoms with Gasteiger partial charge >= 0.3 is 0 Å². The molecule has 1 aromatic heterocycles. The Morgan fingerprint density at radius 1 is 1.17 bits per heavy atom. The van der Waals surface area contributed by atoms with E-state index in [1.165, 1.54) is 43.7 Å². The first kappa shape index (κ1) is 16.2. The predicted octanol–water partition coefficient (Wildman–Crippen LogP) is 2.98. The Morgan fingerprint density at radius 2 is 1.91 bits per heavy atom. The van der Waals surface area contributed by atoms with E-state index in [9.17, 15) is 0 Å². The van der Waals surface area contributed by atoms with Gasteiger partial charge in [0, 0.05) is 55.5 Å². The summed E-state index contributed by atoms with van der Waals surface area (Å²) in [5, 5.41) is 4.84. The van der Waals surface area contributed by atoms with E-state index in [1.54, 1.807) is 0 Å². The minimum atomic E-state index is 0.630. The fourth-order valence-electron chi connectivity index (χ4n) is 3.32. The van der Waals surface area contributed by atoms with Crippen LogP contribution >= 0.6 is 0 Å². The van der Waals surface area contributed by atoms with Crippen molar-refractivity contribution in [2.45, 2.75) is 26.3 Å². The average Bonchev–Trinajstić information content (AvgIpc) is 2.55. The summed E-state index contributed by atoms with van der Waals surface area (Å²) in [4.78, 5) is 9.63. The molecule has 1 saturated heterocycles. The quantitative estimate of drug-likeness (QED) is 0.920. The molecule has 0 unspecified atom stereocenters. The summed E-state index contributed by atoms with van der Waals surface area (Å²) >= 11 is 0. The SMILES string of the molecule is Cc1cc(NCC[C@@H](C)N2CCN(C)CC2)c2ccccc2n1. The van der Waals surface area contributed by atoms with E-state index in [0.29, 0.717) is 6.04 Å². The molecule has 1 N–H and O–H groups in total. The highest BCUT2D eigenvalue weighted by molar-refractivity contribution is 5.91. The summed E-state index contributed by atoms with van der Waals surface area (Å²) in [5.74, 6) is 0. The predicted molar refractivity (Wildman–Crippen MR) is 98.1 cm³/mol. The molecule has 124 valence electrons. The summed E-state index contributed by atoms with van der Waals surface area (Å²) in [5.41, 5.74) is 3.35. The first-order valence-electron chi connectivity index (χ1n) is 8.66. The fraction of sp³-hybridized carbons (Fsp3) is 0.526. The van der Waals surface area contributed by atoms with Crippen LogP contribution in [0.2, 0.25) is 0 Å². The van der Waals surface area contributed by atoms with Crippen LogP contribution in [0, 0.1) is 6.92 Å². The highest BCUT2D eigenvalue weighted by Gasteiger charge is 2.18. The van der Waals surface area contributed by atoms with Crippen LogP contribution in [-0.4, -0.2) is 60.6 Å². The van der Waals surface area contributed by atoms with Gasteiger partial charge in [-0.3, -0.25) is 9.88 Å². The smallest absolute Gasteiger partial charge is 0.0725 e. The lowest BCUT2D eigenvalue weighted by molar-refractivity contribution is 0.116. The molecule has 1 aromatic carbocycles. The summed E-state index contributed by atoms with van der Waals surface area (Å²) in [7, 11) is 2.21. The lowest BCUT2D eigenvalue weighted by atomic mass is 10.1. The first-order valence-corrected chi connectivity index (χ1v) is 8.66. The lowest BCUT2D eigenvalue weighted by Crippen LogP contribution is -2.48. The largest absolute Gasteiger partial charge is 0.384 e. The highest BCUT2D eigenvalue weighted by Crippen LogP contribution is 2.23. The molecule has 4 heteroatoms. The van der Waals surface area contributed by atoms with E-state index in [-0.39, 0.29) is 0 Å². The molecule has 1 atom stereocenters. The monoisotopic (exact) mass is 312 g/mol. The normalized spacial score (nSPS) is 18.2. The van der Waals surface area contributed by atoms with Crippen LogP contribution in [0.1, 0.15) is 19.0 Å². The van der Waals surface area contributed by atoms with E-state index in [4.69, 9.17) is 0 Å². The number of nitrogens with one attached hydrogen (secondary N) is 1. The molecule has 1 fully saturated rings. The number of hydrogen-bond donors (Lipinski definition) is 1. The van der Waals surface area contributed by atoms with Gasteiger partial charge in [0.25, 0.3) is 0 Å². The zero-order valence-electron chi connectivity index (χ0n) is 14.5. The summed E-state index contributed by atoms with van der Waals surface area (Å²) in [6, 6.07) is 11.1. The van der Waals surface area contributed by atoms with Gasteiger partial charge in [-0.2, -0.15) is 0 Å².